The van der Waals surface area contributed by atoms with Crippen LogP contribution in [-0.2, 0) is 11.3 Å². The number of rotatable bonds is 6. The van der Waals surface area contributed by atoms with Gasteiger partial charge in [0, 0.05) is 35.9 Å². The Labute approximate surface area is 211 Å². The van der Waals surface area contributed by atoms with E-state index in [0.717, 1.165) is 59.2 Å². The van der Waals surface area contributed by atoms with Gasteiger partial charge in [0.1, 0.15) is 11.6 Å². The van der Waals surface area contributed by atoms with Crippen molar-refractivity contribution in [1.82, 2.24) is 19.9 Å². The zero-order chi connectivity index (χ0) is 24.4. The summed E-state index contributed by atoms with van der Waals surface area (Å²) < 4.78 is 5.71. The maximum Gasteiger partial charge on any atom is 0.145 e. The van der Waals surface area contributed by atoms with Gasteiger partial charge in [-0.25, -0.2) is 9.97 Å². The van der Waals surface area contributed by atoms with Gasteiger partial charge in [0.25, 0.3) is 0 Å². The second-order valence-corrected chi connectivity index (χ2v) is 9.78. The largest absolute Gasteiger partial charge is 0.376 e. The van der Waals surface area contributed by atoms with E-state index < -0.39 is 0 Å². The number of aromatic nitrogens is 3. The summed E-state index contributed by atoms with van der Waals surface area (Å²) in [5.41, 5.74) is 4.84. The molecule has 2 aromatic heterocycles. The average Bonchev–Trinajstić information content (AvgIpc) is 2.84. The summed E-state index contributed by atoms with van der Waals surface area (Å²) in [6.45, 7) is 9.63. The van der Waals surface area contributed by atoms with Crippen molar-refractivity contribution in [3.63, 3.8) is 0 Å². The molecule has 1 saturated heterocycles. The molecule has 0 aliphatic carbocycles. The molecule has 1 atom stereocenters. The first-order valence-corrected chi connectivity index (χ1v) is 12.5. The first-order chi connectivity index (χ1) is 17.0. The molecule has 5 rings (SSSR count). The van der Waals surface area contributed by atoms with Gasteiger partial charge in [0.2, 0.25) is 0 Å². The quantitative estimate of drug-likeness (QED) is 0.338. The minimum atomic E-state index is 0.208. The Kier molecular flexibility index (Phi) is 6.95. The number of hydrogen-bond acceptors (Lipinski definition) is 6. The van der Waals surface area contributed by atoms with Crippen LogP contribution in [0.15, 0.2) is 60.8 Å². The van der Waals surface area contributed by atoms with Crippen LogP contribution in [0.4, 0.5) is 11.5 Å². The van der Waals surface area contributed by atoms with E-state index in [1.165, 1.54) is 5.56 Å². The number of ether oxygens (including phenoxy) is 1. The SMILES string of the molecule is CC(C)c1ccc(Nc2nc(CN3CCO[C@@H](C)C3)nc3cc(-c4ncccc4Cl)ccc23)cc1. The molecule has 6 nitrogen and oxygen atoms in total. The lowest BCUT2D eigenvalue weighted by atomic mass is 10.0. The number of benzene rings is 2. The van der Waals surface area contributed by atoms with E-state index in [0.29, 0.717) is 17.5 Å². The average molecular weight is 488 g/mol. The van der Waals surface area contributed by atoms with E-state index in [1.807, 2.05) is 30.3 Å². The summed E-state index contributed by atoms with van der Waals surface area (Å²) in [4.78, 5) is 16.7. The number of morpholine rings is 1. The lowest BCUT2D eigenvalue weighted by Crippen LogP contribution is -2.40. The van der Waals surface area contributed by atoms with Crippen LogP contribution in [0.3, 0.4) is 0 Å². The third-order valence-corrected chi connectivity index (χ3v) is 6.61. The van der Waals surface area contributed by atoms with Crippen molar-refractivity contribution in [3.05, 3.63) is 77.2 Å². The smallest absolute Gasteiger partial charge is 0.145 e. The number of halogens is 1. The number of pyridine rings is 1. The monoisotopic (exact) mass is 487 g/mol. The summed E-state index contributed by atoms with van der Waals surface area (Å²) in [7, 11) is 0. The lowest BCUT2D eigenvalue weighted by Gasteiger charge is -2.30. The first-order valence-electron chi connectivity index (χ1n) is 12.1. The zero-order valence-electron chi connectivity index (χ0n) is 20.3. The van der Waals surface area contributed by atoms with Gasteiger partial charge in [-0.05, 0) is 54.8 Å². The van der Waals surface area contributed by atoms with Gasteiger partial charge >= 0.3 is 0 Å². The molecule has 3 heterocycles. The summed E-state index contributed by atoms with van der Waals surface area (Å²) in [5, 5.41) is 5.10. The highest BCUT2D eigenvalue weighted by atomic mass is 35.5. The van der Waals surface area contributed by atoms with Crippen molar-refractivity contribution >= 4 is 34.0 Å². The predicted molar refractivity (Wildman–Crippen MR) is 142 cm³/mol. The van der Waals surface area contributed by atoms with Crippen molar-refractivity contribution in [2.24, 2.45) is 0 Å². The van der Waals surface area contributed by atoms with Gasteiger partial charge in [-0.3, -0.25) is 9.88 Å². The lowest BCUT2D eigenvalue weighted by molar-refractivity contribution is -0.0219. The molecule has 0 spiro atoms. The molecule has 1 fully saturated rings. The molecule has 0 radical (unpaired) electrons. The predicted octanol–water partition coefficient (Wildman–Crippen LogP) is 6.43. The third-order valence-electron chi connectivity index (χ3n) is 6.31. The summed E-state index contributed by atoms with van der Waals surface area (Å²) in [5.74, 6) is 2.06. The van der Waals surface area contributed by atoms with Crippen LogP contribution in [0.1, 0.15) is 38.1 Å². The molecule has 0 unspecified atom stereocenters. The Morgan fingerprint density at radius 2 is 1.94 bits per heavy atom. The fraction of sp³-hybridized carbons (Fsp3) is 0.321. The fourth-order valence-electron chi connectivity index (χ4n) is 4.41. The van der Waals surface area contributed by atoms with Crippen LogP contribution >= 0.6 is 11.6 Å². The van der Waals surface area contributed by atoms with Gasteiger partial charge in [-0.1, -0.05) is 43.6 Å². The second kappa shape index (κ2) is 10.3. The Hall–Kier alpha value is -3.06. The molecule has 180 valence electrons. The van der Waals surface area contributed by atoms with Crippen LogP contribution in [0.25, 0.3) is 22.2 Å². The summed E-state index contributed by atoms with van der Waals surface area (Å²) in [6.07, 6.45) is 1.96. The topological polar surface area (TPSA) is 63.2 Å². The Balaban J connectivity index is 1.54. The number of hydrogen-bond donors (Lipinski definition) is 1. The van der Waals surface area contributed by atoms with Crippen LogP contribution in [0, 0.1) is 0 Å². The van der Waals surface area contributed by atoms with E-state index in [2.05, 4.69) is 60.2 Å². The number of fused-ring (bicyclic) bond motifs is 1. The van der Waals surface area contributed by atoms with Crippen LogP contribution < -0.4 is 5.32 Å². The fourth-order valence-corrected chi connectivity index (χ4v) is 4.64. The van der Waals surface area contributed by atoms with Gasteiger partial charge < -0.3 is 10.1 Å². The minimum absolute atomic E-state index is 0.208. The second-order valence-electron chi connectivity index (χ2n) is 9.37. The third kappa shape index (κ3) is 5.45. The molecular formula is C28H30ClN5O. The normalized spacial score (nSPS) is 16.7. The van der Waals surface area contributed by atoms with E-state index in [1.54, 1.807) is 6.20 Å². The highest BCUT2D eigenvalue weighted by molar-refractivity contribution is 6.33. The van der Waals surface area contributed by atoms with Crippen molar-refractivity contribution in [2.45, 2.75) is 39.3 Å². The van der Waals surface area contributed by atoms with E-state index in [9.17, 15) is 0 Å². The van der Waals surface area contributed by atoms with Gasteiger partial charge in [-0.15, -0.1) is 0 Å². The molecule has 7 heteroatoms. The van der Waals surface area contributed by atoms with E-state index in [-0.39, 0.29) is 6.10 Å². The maximum atomic E-state index is 6.43. The van der Waals surface area contributed by atoms with Crippen LogP contribution in [-0.4, -0.2) is 45.7 Å². The van der Waals surface area contributed by atoms with Gasteiger partial charge in [-0.2, -0.15) is 0 Å². The zero-order valence-corrected chi connectivity index (χ0v) is 21.1. The maximum absolute atomic E-state index is 6.43. The van der Waals surface area contributed by atoms with Crippen molar-refractivity contribution in [2.75, 3.05) is 25.0 Å². The standard InChI is InChI=1S/C28H30ClN5O/c1-18(2)20-6-9-22(10-7-20)31-28-23-11-8-21(27-24(29)5-4-12-30-27)15-25(23)32-26(33-28)17-34-13-14-35-19(3)16-34/h4-12,15,18-19H,13-14,16-17H2,1-3H3,(H,31,32,33)/t19-/m0/s1. The Morgan fingerprint density at radius 1 is 1.11 bits per heavy atom. The van der Waals surface area contributed by atoms with E-state index >= 15 is 0 Å². The van der Waals surface area contributed by atoms with Crippen molar-refractivity contribution in [1.29, 1.82) is 0 Å². The summed E-state index contributed by atoms with van der Waals surface area (Å²) >= 11 is 6.43. The molecule has 2 aromatic carbocycles. The minimum Gasteiger partial charge on any atom is -0.376 e. The van der Waals surface area contributed by atoms with Crippen LogP contribution in [0.5, 0.6) is 0 Å². The Bertz CT molecular complexity index is 1320. The Morgan fingerprint density at radius 3 is 2.69 bits per heavy atom. The van der Waals surface area contributed by atoms with Gasteiger partial charge in [0.15, 0.2) is 0 Å². The molecule has 1 N–H and O–H groups in total. The number of nitrogens with zero attached hydrogens (tertiary/aromatic N) is 4. The molecule has 0 saturated carbocycles. The molecule has 0 amide bonds. The summed E-state index contributed by atoms with van der Waals surface area (Å²) in [6, 6.07) is 18.3. The molecule has 1 aliphatic rings. The first kappa shape index (κ1) is 23.7. The highest BCUT2D eigenvalue weighted by Gasteiger charge is 2.19. The number of anilines is 2. The highest BCUT2D eigenvalue weighted by Crippen LogP contribution is 2.31. The molecule has 1 aliphatic heterocycles. The molecular weight excluding hydrogens is 458 g/mol. The van der Waals surface area contributed by atoms with Gasteiger partial charge in [0.05, 0.1) is 35.5 Å². The number of nitrogens with one attached hydrogen (secondary N) is 1. The molecule has 35 heavy (non-hydrogen) atoms. The van der Waals surface area contributed by atoms with Crippen molar-refractivity contribution in [3.8, 4) is 11.3 Å². The molecule has 4 aromatic rings. The van der Waals surface area contributed by atoms with E-state index in [4.69, 9.17) is 26.3 Å². The molecule has 0 bridgehead atoms. The van der Waals surface area contributed by atoms with Crippen LogP contribution in [0.2, 0.25) is 5.02 Å². The van der Waals surface area contributed by atoms with Crippen molar-refractivity contribution < 1.29 is 4.74 Å².